The molecule has 0 atom stereocenters. The zero-order valence-electron chi connectivity index (χ0n) is 18.3. The van der Waals surface area contributed by atoms with Crippen LogP contribution in [0.5, 0.6) is 0 Å². The van der Waals surface area contributed by atoms with E-state index in [0.717, 1.165) is 52.9 Å². The van der Waals surface area contributed by atoms with Gasteiger partial charge in [-0.05, 0) is 67.8 Å². The maximum absolute atomic E-state index is 11.6. The Morgan fingerprint density at radius 1 is 1.06 bits per heavy atom. The van der Waals surface area contributed by atoms with Gasteiger partial charge in [0.25, 0.3) is 0 Å². The van der Waals surface area contributed by atoms with Crippen LogP contribution in [0.15, 0.2) is 54.6 Å². The SMILES string of the molecule is Cc1n[nH]c2ccc(-c3nc4ccc(C(=O)O)cc4nc3N3CCCc4ccc(Cl)cc43)cc12. The number of hydrogen-bond donors (Lipinski definition) is 2. The molecule has 1 aliphatic heterocycles. The van der Waals surface area contributed by atoms with Gasteiger partial charge in [0.15, 0.2) is 5.82 Å². The fourth-order valence-electron chi connectivity index (χ4n) is 4.62. The summed E-state index contributed by atoms with van der Waals surface area (Å²) in [6.07, 6.45) is 1.92. The zero-order chi connectivity index (χ0) is 23.4. The Bertz CT molecular complexity index is 1610. The molecule has 3 heterocycles. The second-order valence-corrected chi connectivity index (χ2v) is 8.94. The largest absolute Gasteiger partial charge is 0.478 e. The number of benzene rings is 3. The summed E-state index contributed by atoms with van der Waals surface area (Å²) in [5, 5.41) is 18.5. The Labute approximate surface area is 200 Å². The van der Waals surface area contributed by atoms with E-state index in [1.807, 2.05) is 31.2 Å². The van der Waals surface area contributed by atoms with Crippen molar-refractivity contribution in [3.05, 3.63) is 76.4 Å². The first-order valence-corrected chi connectivity index (χ1v) is 11.4. The molecule has 0 saturated heterocycles. The Kier molecular flexibility index (Phi) is 4.74. The van der Waals surface area contributed by atoms with Crippen molar-refractivity contribution in [3.8, 4) is 11.3 Å². The Morgan fingerprint density at radius 3 is 2.79 bits per heavy atom. The highest BCUT2D eigenvalue weighted by atomic mass is 35.5. The summed E-state index contributed by atoms with van der Waals surface area (Å²) >= 11 is 6.37. The summed E-state index contributed by atoms with van der Waals surface area (Å²) in [5.41, 5.74) is 7.06. The van der Waals surface area contributed by atoms with Gasteiger partial charge in [-0.3, -0.25) is 5.10 Å². The number of carboxylic acid groups (broad SMARTS) is 1. The van der Waals surface area contributed by atoms with Gasteiger partial charge in [-0.25, -0.2) is 14.8 Å². The smallest absolute Gasteiger partial charge is 0.335 e. The van der Waals surface area contributed by atoms with E-state index in [4.69, 9.17) is 21.6 Å². The van der Waals surface area contributed by atoms with Gasteiger partial charge in [-0.1, -0.05) is 23.7 Å². The lowest BCUT2D eigenvalue weighted by molar-refractivity contribution is 0.0697. The molecule has 7 nitrogen and oxygen atoms in total. The molecule has 3 aromatic carbocycles. The van der Waals surface area contributed by atoms with Crippen LogP contribution in [0.3, 0.4) is 0 Å². The number of carbonyl (C=O) groups is 1. The Balaban J connectivity index is 1.63. The number of aromatic amines is 1. The van der Waals surface area contributed by atoms with Gasteiger partial charge in [-0.15, -0.1) is 0 Å². The van der Waals surface area contributed by atoms with Crippen LogP contribution >= 0.6 is 11.6 Å². The number of halogens is 1. The predicted molar refractivity (Wildman–Crippen MR) is 133 cm³/mol. The number of H-pyrrole nitrogens is 1. The van der Waals surface area contributed by atoms with Gasteiger partial charge in [-0.2, -0.15) is 5.10 Å². The van der Waals surface area contributed by atoms with Gasteiger partial charge in [0, 0.05) is 28.2 Å². The number of nitrogens with one attached hydrogen (secondary N) is 1. The van der Waals surface area contributed by atoms with Crippen LogP contribution < -0.4 is 4.90 Å². The first-order valence-electron chi connectivity index (χ1n) is 11.0. The summed E-state index contributed by atoms with van der Waals surface area (Å²) in [6.45, 7) is 2.72. The molecule has 0 fully saturated rings. The molecule has 0 amide bonds. The van der Waals surface area contributed by atoms with Crippen LogP contribution in [0.4, 0.5) is 11.5 Å². The third-order valence-corrected chi connectivity index (χ3v) is 6.58. The number of hydrogen-bond acceptors (Lipinski definition) is 5. The number of rotatable bonds is 3. The first kappa shape index (κ1) is 20.6. The van der Waals surface area contributed by atoms with Crippen LogP contribution in [-0.4, -0.2) is 37.8 Å². The Hall–Kier alpha value is -3.97. The topological polar surface area (TPSA) is 95.0 Å². The molecule has 2 N–H and O–H groups in total. The van der Waals surface area contributed by atoms with Crippen LogP contribution in [0.1, 0.15) is 28.0 Å². The molecule has 6 rings (SSSR count). The number of aromatic nitrogens is 4. The minimum absolute atomic E-state index is 0.179. The molecule has 0 aliphatic carbocycles. The molecular formula is C26H20ClN5O2. The van der Waals surface area contributed by atoms with Crippen LogP contribution in [0, 0.1) is 6.92 Å². The normalized spacial score (nSPS) is 13.4. The van der Waals surface area contributed by atoms with Gasteiger partial charge >= 0.3 is 5.97 Å². The fraction of sp³-hybridized carbons (Fsp3) is 0.154. The molecular weight excluding hydrogens is 450 g/mol. The fourth-order valence-corrected chi connectivity index (χ4v) is 4.79. The van der Waals surface area contributed by atoms with Crippen molar-refractivity contribution >= 4 is 51.0 Å². The summed E-state index contributed by atoms with van der Waals surface area (Å²) in [6, 6.07) is 16.8. The van der Waals surface area contributed by atoms with Crippen molar-refractivity contribution in [2.75, 3.05) is 11.4 Å². The molecule has 0 saturated carbocycles. The number of anilines is 2. The van der Waals surface area contributed by atoms with Gasteiger partial charge in [0.2, 0.25) is 0 Å². The summed E-state index contributed by atoms with van der Waals surface area (Å²) < 4.78 is 0. The minimum Gasteiger partial charge on any atom is -0.478 e. The van der Waals surface area contributed by atoms with Crippen molar-refractivity contribution in [3.63, 3.8) is 0 Å². The van der Waals surface area contributed by atoms with E-state index < -0.39 is 5.97 Å². The highest BCUT2D eigenvalue weighted by Crippen LogP contribution is 2.40. The second-order valence-electron chi connectivity index (χ2n) is 8.50. The summed E-state index contributed by atoms with van der Waals surface area (Å²) in [7, 11) is 0. The highest BCUT2D eigenvalue weighted by molar-refractivity contribution is 6.31. The lowest BCUT2D eigenvalue weighted by Crippen LogP contribution is -2.26. The molecule has 1 aliphatic rings. The van der Waals surface area contributed by atoms with Crippen LogP contribution in [-0.2, 0) is 6.42 Å². The molecule has 8 heteroatoms. The van der Waals surface area contributed by atoms with Gasteiger partial charge in [0.1, 0.15) is 5.69 Å². The molecule has 0 bridgehead atoms. The van der Waals surface area contributed by atoms with E-state index in [1.54, 1.807) is 18.2 Å². The average molecular weight is 470 g/mol. The van der Waals surface area contributed by atoms with Gasteiger partial charge < -0.3 is 10.0 Å². The molecule has 0 radical (unpaired) electrons. The molecule has 2 aromatic heterocycles. The third-order valence-electron chi connectivity index (χ3n) is 6.34. The summed E-state index contributed by atoms with van der Waals surface area (Å²) in [4.78, 5) is 23.7. The standard InChI is InChI=1S/C26H20ClN5O2/c1-14-19-11-16(5-8-20(19)31-30-14)24-25(29-22-12-17(26(33)34)6-9-21(22)28-24)32-10-2-3-15-4-7-18(27)13-23(15)32/h4-9,11-13H,2-3,10H2,1H3,(H,30,31)(H,33,34). The number of aryl methyl sites for hydroxylation is 2. The highest BCUT2D eigenvalue weighted by Gasteiger charge is 2.25. The monoisotopic (exact) mass is 469 g/mol. The minimum atomic E-state index is -0.995. The summed E-state index contributed by atoms with van der Waals surface area (Å²) in [5.74, 6) is -0.316. The van der Waals surface area contributed by atoms with Crippen LogP contribution in [0.2, 0.25) is 5.02 Å². The maximum Gasteiger partial charge on any atom is 0.335 e. The van der Waals surface area contributed by atoms with Crippen molar-refractivity contribution in [1.82, 2.24) is 20.2 Å². The van der Waals surface area contributed by atoms with Gasteiger partial charge in [0.05, 0.1) is 27.8 Å². The molecule has 0 spiro atoms. The van der Waals surface area contributed by atoms with E-state index in [-0.39, 0.29) is 5.56 Å². The maximum atomic E-state index is 11.6. The third kappa shape index (κ3) is 3.36. The lowest BCUT2D eigenvalue weighted by atomic mass is 10.0. The predicted octanol–water partition coefficient (Wildman–Crippen LogP) is 5.92. The second kappa shape index (κ2) is 7.81. The number of carboxylic acids is 1. The number of fused-ring (bicyclic) bond motifs is 3. The van der Waals surface area contributed by atoms with E-state index >= 15 is 0 Å². The Morgan fingerprint density at radius 2 is 1.94 bits per heavy atom. The van der Waals surface area contributed by atoms with E-state index in [0.29, 0.717) is 21.9 Å². The van der Waals surface area contributed by atoms with Crippen molar-refractivity contribution in [2.24, 2.45) is 0 Å². The van der Waals surface area contributed by atoms with E-state index in [2.05, 4.69) is 27.2 Å². The molecule has 168 valence electrons. The molecule has 0 unspecified atom stereocenters. The van der Waals surface area contributed by atoms with Crippen molar-refractivity contribution in [2.45, 2.75) is 19.8 Å². The number of nitrogens with zero attached hydrogens (tertiary/aromatic N) is 4. The number of aromatic carboxylic acids is 1. The molecule has 5 aromatic rings. The van der Waals surface area contributed by atoms with Crippen molar-refractivity contribution in [1.29, 1.82) is 0 Å². The van der Waals surface area contributed by atoms with E-state index in [1.165, 1.54) is 5.56 Å². The quantitative estimate of drug-likeness (QED) is 0.340. The zero-order valence-corrected chi connectivity index (χ0v) is 19.1. The van der Waals surface area contributed by atoms with Crippen molar-refractivity contribution < 1.29 is 9.90 Å². The first-order chi connectivity index (χ1) is 16.5. The molecule has 34 heavy (non-hydrogen) atoms. The van der Waals surface area contributed by atoms with Crippen LogP contribution in [0.25, 0.3) is 33.2 Å². The van der Waals surface area contributed by atoms with E-state index in [9.17, 15) is 9.90 Å². The lowest BCUT2D eigenvalue weighted by Gasteiger charge is -2.32. The average Bonchev–Trinajstić information content (AvgIpc) is 3.22.